The molecular weight excluding hydrogens is 468 g/mol. The number of aromatic nitrogens is 1. The molecule has 0 unspecified atom stereocenters. The van der Waals surface area contributed by atoms with Crippen molar-refractivity contribution in [3.63, 3.8) is 0 Å². The number of nitrogens with zero attached hydrogens (tertiary/aromatic N) is 2. The number of rotatable bonds is 11. The highest BCUT2D eigenvalue weighted by Crippen LogP contribution is 2.33. The first kappa shape index (κ1) is 26.4. The monoisotopic (exact) mass is 506 g/mol. The van der Waals surface area contributed by atoms with Crippen molar-refractivity contribution in [1.82, 2.24) is 9.88 Å². The standard InChI is InChI=1S/C30H38N2O3S/c1-21(2)7-6-8-26(33)25-19-36-29(31-25)18-32(16-22-9-12-24(13-10-22)30(3,4)5)17-23-11-14-27-28(15-23)35-20-34-27/h9-15,19,21H,6-8,16-18,20H2,1-5H3. The SMILES string of the molecule is CC(C)CCCC(=O)c1csc(CN(Cc2ccc(C(C)(C)C)cc2)Cc2ccc3c(c2)OCO3)n1. The van der Waals surface area contributed by atoms with Gasteiger partial charge in [0.2, 0.25) is 6.79 Å². The summed E-state index contributed by atoms with van der Waals surface area (Å²) in [6.45, 7) is 13.6. The molecule has 5 nitrogen and oxygen atoms in total. The van der Waals surface area contributed by atoms with Crippen molar-refractivity contribution in [3.8, 4) is 11.5 Å². The molecule has 0 N–H and O–H groups in total. The molecule has 0 spiro atoms. The molecule has 2 heterocycles. The van der Waals surface area contributed by atoms with Crippen molar-refractivity contribution < 1.29 is 14.3 Å². The van der Waals surface area contributed by atoms with Crippen LogP contribution in [0.3, 0.4) is 0 Å². The van der Waals surface area contributed by atoms with Gasteiger partial charge < -0.3 is 9.47 Å². The highest BCUT2D eigenvalue weighted by atomic mass is 32.1. The lowest BCUT2D eigenvalue weighted by atomic mass is 9.87. The third kappa shape index (κ3) is 7.17. The lowest BCUT2D eigenvalue weighted by Crippen LogP contribution is -2.22. The van der Waals surface area contributed by atoms with E-state index in [-0.39, 0.29) is 18.0 Å². The van der Waals surface area contributed by atoms with Gasteiger partial charge in [0.1, 0.15) is 10.7 Å². The second kappa shape index (κ2) is 11.6. The molecule has 0 fully saturated rings. The normalized spacial score (nSPS) is 13.1. The number of fused-ring (bicyclic) bond motifs is 1. The first-order chi connectivity index (χ1) is 17.2. The van der Waals surface area contributed by atoms with E-state index in [4.69, 9.17) is 14.5 Å². The van der Waals surface area contributed by atoms with Gasteiger partial charge in [-0.3, -0.25) is 9.69 Å². The Hall–Kier alpha value is -2.70. The van der Waals surface area contributed by atoms with Crippen molar-refractivity contribution in [1.29, 1.82) is 0 Å². The summed E-state index contributed by atoms with van der Waals surface area (Å²) in [6, 6.07) is 15.0. The highest BCUT2D eigenvalue weighted by molar-refractivity contribution is 7.09. The summed E-state index contributed by atoms with van der Waals surface area (Å²) >= 11 is 1.57. The van der Waals surface area contributed by atoms with Crippen LogP contribution in [-0.2, 0) is 25.0 Å². The molecule has 0 aliphatic carbocycles. The number of thiazole rings is 1. The van der Waals surface area contributed by atoms with Crippen LogP contribution in [0.15, 0.2) is 47.8 Å². The van der Waals surface area contributed by atoms with E-state index in [2.05, 4.69) is 75.9 Å². The van der Waals surface area contributed by atoms with Gasteiger partial charge >= 0.3 is 0 Å². The Labute approximate surface area is 219 Å². The maximum absolute atomic E-state index is 12.6. The maximum atomic E-state index is 12.6. The van der Waals surface area contributed by atoms with Gasteiger partial charge in [0.25, 0.3) is 0 Å². The molecule has 1 aliphatic heterocycles. The van der Waals surface area contributed by atoms with E-state index in [0.717, 1.165) is 48.0 Å². The van der Waals surface area contributed by atoms with Gasteiger partial charge in [-0.2, -0.15) is 0 Å². The van der Waals surface area contributed by atoms with Gasteiger partial charge in [0.05, 0.1) is 6.54 Å². The number of hydrogen-bond acceptors (Lipinski definition) is 6. The topological polar surface area (TPSA) is 51.7 Å². The van der Waals surface area contributed by atoms with E-state index in [9.17, 15) is 4.79 Å². The molecule has 0 bridgehead atoms. The summed E-state index contributed by atoms with van der Waals surface area (Å²) in [4.78, 5) is 19.7. The van der Waals surface area contributed by atoms with Gasteiger partial charge in [0.15, 0.2) is 17.3 Å². The molecule has 36 heavy (non-hydrogen) atoms. The van der Waals surface area contributed by atoms with E-state index in [1.807, 2.05) is 11.4 Å². The second-order valence-corrected chi connectivity index (χ2v) is 12.1. The zero-order chi connectivity index (χ0) is 25.7. The van der Waals surface area contributed by atoms with Crippen molar-refractivity contribution in [3.05, 3.63) is 75.2 Å². The lowest BCUT2D eigenvalue weighted by Gasteiger charge is -2.23. The molecule has 3 aromatic rings. The molecule has 2 aromatic carbocycles. The molecule has 1 aromatic heterocycles. The Morgan fingerprint density at radius 3 is 2.42 bits per heavy atom. The summed E-state index contributed by atoms with van der Waals surface area (Å²) in [5, 5.41) is 2.89. The first-order valence-electron chi connectivity index (χ1n) is 12.9. The van der Waals surface area contributed by atoms with E-state index < -0.39 is 0 Å². The zero-order valence-corrected chi connectivity index (χ0v) is 23.0. The molecule has 0 atom stereocenters. The third-order valence-corrected chi connectivity index (χ3v) is 7.28. The minimum atomic E-state index is 0.129. The van der Waals surface area contributed by atoms with E-state index in [0.29, 0.717) is 24.6 Å². The zero-order valence-electron chi connectivity index (χ0n) is 22.2. The Morgan fingerprint density at radius 1 is 1.00 bits per heavy atom. The fourth-order valence-corrected chi connectivity index (χ4v) is 5.18. The van der Waals surface area contributed by atoms with Crippen LogP contribution in [0.4, 0.5) is 0 Å². The number of Topliss-reactive ketones (excluding diaryl/α,β-unsaturated/α-hetero) is 1. The highest BCUT2D eigenvalue weighted by Gasteiger charge is 2.18. The number of ether oxygens (including phenoxy) is 2. The van der Waals surface area contributed by atoms with E-state index in [1.165, 1.54) is 11.1 Å². The third-order valence-electron chi connectivity index (χ3n) is 6.45. The van der Waals surface area contributed by atoms with Crippen LogP contribution in [0.1, 0.15) is 86.1 Å². The minimum Gasteiger partial charge on any atom is -0.454 e. The molecule has 0 saturated carbocycles. The van der Waals surface area contributed by atoms with Gasteiger partial charge in [-0.1, -0.05) is 71.4 Å². The van der Waals surface area contributed by atoms with Crippen LogP contribution in [0.5, 0.6) is 11.5 Å². The lowest BCUT2D eigenvalue weighted by molar-refractivity contribution is 0.0973. The maximum Gasteiger partial charge on any atom is 0.231 e. The van der Waals surface area contributed by atoms with Gasteiger partial charge in [-0.05, 0) is 46.6 Å². The quantitative estimate of drug-likeness (QED) is 0.254. The average molecular weight is 507 g/mol. The van der Waals surface area contributed by atoms with Crippen molar-refractivity contribution in [2.24, 2.45) is 5.92 Å². The molecule has 0 radical (unpaired) electrons. The molecule has 4 rings (SSSR count). The van der Waals surface area contributed by atoms with Crippen LogP contribution >= 0.6 is 11.3 Å². The van der Waals surface area contributed by atoms with Gasteiger partial charge in [-0.25, -0.2) is 4.98 Å². The molecule has 1 aliphatic rings. The van der Waals surface area contributed by atoms with Crippen molar-refractivity contribution in [2.75, 3.05) is 6.79 Å². The van der Waals surface area contributed by atoms with Crippen LogP contribution in [0, 0.1) is 5.92 Å². The summed E-state index contributed by atoms with van der Waals surface area (Å²) in [5.74, 6) is 2.36. The molecule has 192 valence electrons. The number of carbonyl (C=O) groups is 1. The van der Waals surface area contributed by atoms with Crippen LogP contribution in [-0.4, -0.2) is 22.5 Å². The van der Waals surface area contributed by atoms with Crippen LogP contribution in [0.25, 0.3) is 0 Å². The Kier molecular flexibility index (Phi) is 8.47. The second-order valence-electron chi connectivity index (χ2n) is 11.1. The number of benzene rings is 2. The molecule has 0 saturated heterocycles. The Bertz CT molecular complexity index is 1160. The summed E-state index contributed by atoms with van der Waals surface area (Å²) < 4.78 is 11.1. The molecule has 6 heteroatoms. The predicted molar refractivity (Wildman–Crippen MR) is 146 cm³/mol. The molecule has 0 amide bonds. The fraction of sp³-hybridized carbons (Fsp3) is 0.467. The fourth-order valence-electron chi connectivity index (χ4n) is 4.34. The summed E-state index contributed by atoms with van der Waals surface area (Å²) in [7, 11) is 0. The number of ketones is 1. The van der Waals surface area contributed by atoms with E-state index in [1.54, 1.807) is 11.3 Å². The Balaban J connectivity index is 1.48. The van der Waals surface area contributed by atoms with Crippen LogP contribution in [0.2, 0.25) is 0 Å². The summed E-state index contributed by atoms with van der Waals surface area (Å²) in [5.41, 5.74) is 4.48. The summed E-state index contributed by atoms with van der Waals surface area (Å²) in [6.07, 6.45) is 2.56. The van der Waals surface area contributed by atoms with E-state index >= 15 is 0 Å². The van der Waals surface area contributed by atoms with Gasteiger partial charge in [-0.15, -0.1) is 11.3 Å². The van der Waals surface area contributed by atoms with Crippen LogP contribution < -0.4 is 9.47 Å². The minimum absolute atomic E-state index is 0.129. The number of carbonyl (C=O) groups excluding carboxylic acids is 1. The smallest absolute Gasteiger partial charge is 0.231 e. The van der Waals surface area contributed by atoms with Crippen molar-refractivity contribution >= 4 is 17.1 Å². The Morgan fingerprint density at radius 2 is 1.69 bits per heavy atom. The molecular formula is C30H38N2O3S. The van der Waals surface area contributed by atoms with Gasteiger partial charge in [0, 0.05) is 24.9 Å². The van der Waals surface area contributed by atoms with Crippen molar-refractivity contribution in [2.45, 2.75) is 78.9 Å². The largest absolute Gasteiger partial charge is 0.454 e. The average Bonchev–Trinajstić information content (AvgIpc) is 3.48. The number of hydrogen-bond donors (Lipinski definition) is 0. The predicted octanol–water partition coefficient (Wildman–Crippen LogP) is 7.38. The first-order valence-corrected chi connectivity index (χ1v) is 13.7.